The van der Waals surface area contributed by atoms with E-state index in [2.05, 4.69) is 111 Å². The van der Waals surface area contributed by atoms with E-state index in [0.29, 0.717) is 12.8 Å². The van der Waals surface area contributed by atoms with Crippen molar-refractivity contribution in [3.63, 3.8) is 0 Å². The summed E-state index contributed by atoms with van der Waals surface area (Å²) in [6.45, 7) is 5.68. The van der Waals surface area contributed by atoms with Crippen LogP contribution in [0.15, 0.2) is 97.2 Å². The maximum absolute atomic E-state index is 13.5. The fourth-order valence-electron chi connectivity index (χ4n) is 11.4. The molecule has 1 aliphatic rings. The molecule has 1 saturated heterocycles. The maximum Gasteiger partial charge on any atom is 0.306 e. The number of hydrogen-bond acceptors (Lipinski definition) is 10. The molecule has 0 aliphatic carbocycles. The number of amides is 1. The predicted octanol–water partition coefficient (Wildman–Crippen LogP) is 19.8. The molecule has 11 nitrogen and oxygen atoms in total. The molecule has 1 rings (SSSR count). The van der Waals surface area contributed by atoms with Gasteiger partial charge in [0.25, 0.3) is 0 Å². The van der Waals surface area contributed by atoms with Gasteiger partial charge in [-0.2, -0.15) is 0 Å². The van der Waals surface area contributed by atoms with Crippen LogP contribution in [0.25, 0.3) is 0 Å². The highest BCUT2D eigenvalue weighted by Crippen LogP contribution is 2.26. The standard InChI is InChI=1S/C79H139NO10/c1-4-7-10-13-16-19-22-25-27-29-31-33-35-36-37-38-39-41-43-45-47-49-52-55-58-61-64-67-74(84)90-77-76(86)75(85)73(68-81)89-79(77)88-69-70(71(82)65-62-59-56-53-50-24-21-18-15-12-9-6-3)80-78(87)72(83)66-63-60-57-54-51-48-46-44-42-40-34-32-30-28-26-23-20-17-14-11-8-5-2/h8,11,16-17,19-20,25-28,32,34,42,44,62,65,70-73,75-77,79,81-83,85-86H,4-7,9-10,12-15,18,21-24,29-31,33,35-41,43,45-61,63-64,66-69H2,1-3H3,(H,80,87)/b11-8-,19-16-,20-17-,27-25-,28-26-,34-32-,44-42-,65-62+. The third-order valence-corrected chi connectivity index (χ3v) is 17.2. The Morgan fingerprint density at radius 3 is 1.22 bits per heavy atom. The van der Waals surface area contributed by atoms with Gasteiger partial charge in [-0.25, -0.2) is 0 Å². The number of unbranched alkanes of at least 4 members (excludes halogenated alkanes) is 36. The first-order valence-corrected chi connectivity index (χ1v) is 37.5. The number of allylic oxidation sites excluding steroid dienone is 15. The van der Waals surface area contributed by atoms with Crippen LogP contribution in [-0.2, 0) is 23.8 Å². The summed E-state index contributed by atoms with van der Waals surface area (Å²) >= 11 is 0. The number of nitrogens with one attached hydrogen (secondary N) is 1. The minimum absolute atomic E-state index is 0.121. The van der Waals surface area contributed by atoms with Crippen molar-refractivity contribution in [2.45, 2.75) is 378 Å². The summed E-state index contributed by atoms with van der Waals surface area (Å²) in [5.41, 5.74) is 0. The summed E-state index contributed by atoms with van der Waals surface area (Å²) in [6.07, 6.45) is 78.8. The van der Waals surface area contributed by atoms with Gasteiger partial charge < -0.3 is 45.1 Å². The Morgan fingerprint density at radius 1 is 0.444 bits per heavy atom. The molecule has 0 bridgehead atoms. The Labute approximate surface area is 552 Å². The molecule has 520 valence electrons. The van der Waals surface area contributed by atoms with E-state index in [-0.39, 0.29) is 19.4 Å². The number of aliphatic hydroxyl groups excluding tert-OH is 5. The van der Waals surface area contributed by atoms with E-state index in [4.69, 9.17) is 14.2 Å². The van der Waals surface area contributed by atoms with Crippen molar-refractivity contribution < 1.29 is 49.3 Å². The average Bonchev–Trinajstić information content (AvgIpc) is 1.14. The normalized spacial score (nSPS) is 18.6. The number of hydrogen-bond donors (Lipinski definition) is 6. The lowest BCUT2D eigenvalue weighted by Crippen LogP contribution is -2.61. The summed E-state index contributed by atoms with van der Waals surface area (Å²) in [5, 5.41) is 57.3. The topological polar surface area (TPSA) is 175 Å². The Hall–Kier alpha value is -3.42. The van der Waals surface area contributed by atoms with Gasteiger partial charge in [0.2, 0.25) is 5.91 Å². The van der Waals surface area contributed by atoms with Crippen LogP contribution >= 0.6 is 0 Å². The molecule has 1 heterocycles. The fraction of sp³-hybridized carbons (Fsp3) is 0.772. The van der Waals surface area contributed by atoms with E-state index in [1.165, 1.54) is 167 Å². The number of esters is 1. The van der Waals surface area contributed by atoms with Crippen molar-refractivity contribution in [2.24, 2.45) is 0 Å². The minimum atomic E-state index is -1.62. The summed E-state index contributed by atoms with van der Waals surface area (Å²) in [7, 11) is 0. The third kappa shape index (κ3) is 52.0. The average molecular weight is 1260 g/mol. The highest BCUT2D eigenvalue weighted by atomic mass is 16.7. The molecule has 1 amide bonds. The molecule has 1 fully saturated rings. The van der Waals surface area contributed by atoms with Crippen LogP contribution < -0.4 is 5.32 Å². The van der Waals surface area contributed by atoms with Crippen LogP contribution in [0, 0.1) is 0 Å². The number of ether oxygens (including phenoxy) is 3. The number of carbonyl (C=O) groups excluding carboxylic acids is 2. The van der Waals surface area contributed by atoms with E-state index in [0.717, 1.165) is 116 Å². The molecule has 1 aliphatic heterocycles. The van der Waals surface area contributed by atoms with Crippen molar-refractivity contribution in [2.75, 3.05) is 13.2 Å². The summed E-state index contributed by atoms with van der Waals surface area (Å²) in [4.78, 5) is 26.7. The Bertz CT molecular complexity index is 1840. The zero-order valence-electron chi connectivity index (χ0n) is 58.0. The van der Waals surface area contributed by atoms with Crippen molar-refractivity contribution in [3.05, 3.63) is 97.2 Å². The Kier molecular flexibility index (Phi) is 61.7. The van der Waals surface area contributed by atoms with Crippen molar-refractivity contribution in [1.29, 1.82) is 0 Å². The van der Waals surface area contributed by atoms with E-state index < -0.39 is 67.4 Å². The molecule has 11 heteroatoms. The minimum Gasteiger partial charge on any atom is -0.454 e. The second-order valence-corrected chi connectivity index (χ2v) is 25.6. The lowest BCUT2D eigenvalue weighted by atomic mass is 9.99. The van der Waals surface area contributed by atoms with Crippen LogP contribution in [0.2, 0.25) is 0 Å². The van der Waals surface area contributed by atoms with Gasteiger partial charge in [0.15, 0.2) is 12.4 Å². The summed E-state index contributed by atoms with van der Waals surface area (Å²) < 4.78 is 17.7. The number of rotatable bonds is 64. The van der Waals surface area contributed by atoms with Crippen LogP contribution in [0.5, 0.6) is 0 Å². The quantitative estimate of drug-likeness (QED) is 0.0195. The largest absolute Gasteiger partial charge is 0.454 e. The molecular formula is C79H139NO10. The van der Waals surface area contributed by atoms with Crippen LogP contribution in [-0.4, -0.2) is 99.6 Å². The third-order valence-electron chi connectivity index (χ3n) is 17.2. The van der Waals surface area contributed by atoms with E-state index in [1.54, 1.807) is 6.08 Å². The van der Waals surface area contributed by atoms with Gasteiger partial charge in [0.1, 0.15) is 24.4 Å². The second kappa shape index (κ2) is 65.6. The molecule has 8 atom stereocenters. The van der Waals surface area contributed by atoms with E-state index in [9.17, 15) is 35.1 Å². The lowest BCUT2D eigenvalue weighted by molar-refractivity contribution is -0.305. The highest BCUT2D eigenvalue weighted by molar-refractivity contribution is 5.80. The van der Waals surface area contributed by atoms with Gasteiger partial charge in [-0.05, 0) is 103 Å². The molecule has 0 radical (unpaired) electrons. The fourth-order valence-corrected chi connectivity index (χ4v) is 11.4. The molecule has 0 aromatic rings. The summed E-state index contributed by atoms with van der Waals surface area (Å²) in [6, 6.07) is -1.04. The van der Waals surface area contributed by atoms with E-state index in [1.807, 2.05) is 6.08 Å². The Balaban J connectivity index is 2.53. The van der Waals surface area contributed by atoms with Crippen LogP contribution in [0.3, 0.4) is 0 Å². The van der Waals surface area contributed by atoms with Gasteiger partial charge in [-0.1, -0.05) is 317 Å². The number of carbonyl (C=O) groups is 2. The first-order chi connectivity index (χ1) is 44.2. The molecule has 90 heavy (non-hydrogen) atoms. The molecule has 0 aromatic carbocycles. The highest BCUT2D eigenvalue weighted by Gasteiger charge is 2.47. The van der Waals surface area contributed by atoms with Crippen LogP contribution in [0.1, 0.15) is 329 Å². The van der Waals surface area contributed by atoms with Gasteiger partial charge in [-0.15, -0.1) is 0 Å². The van der Waals surface area contributed by atoms with Gasteiger partial charge in [-0.3, -0.25) is 9.59 Å². The van der Waals surface area contributed by atoms with Crippen LogP contribution in [0.4, 0.5) is 0 Å². The van der Waals surface area contributed by atoms with Gasteiger partial charge in [0.05, 0.1) is 25.4 Å². The van der Waals surface area contributed by atoms with Gasteiger partial charge >= 0.3 is 5.97 Å². The zero-order valence-corrected chi connectivity index (χ0v) is 58.0. The summed E-state index contributed by atoms with van der Waals surface area (Å²) in [5.74, 6) is -1.20. The second-order valence-electron chi connectivity index (χ2n) is 25.6. The SMILES string of the molecule is CC/C=C\C/C=C\C/C=C\C/C=C\C/C=C\CCCCCCCCC(O)C(=O)NC(COC1OC(CO)C(O)C(O)C1OC(=O)CCCCCCCCCCCCCCCCCCC/C=C\C/C=C\CCCCC)C(O)/C=C/CCCCCCCCCCCC. The van der Waals surface area contributed by atoms with Gasteiger partial charge in [0, 0.05) is 6.42 Å². The van der Waals surface area contributed by atoms with Crippen molar-refractivity contribution >= 4 is 11.9 Å². The predicted molar refractivity (Wildman–Crippen MR) is 379 cm³/mol. The first kappa shape index (κ1) is 84.6. The molecule has 0 saturated carbocycles. The zero-order chi connectivity index (χ0) is 65.3. The number of aliphatic hydroxyl groups is 5. The molecule has 0 aromatic heterocycles. The molecular weight excluding hydrogens is 1120 g/mol. The Morgan fingerprint density at radius 2 is 0.800 bits per heavy atom. The molecule has 6 N–H and O–H groups in total. The van der Waals surface area contributed by atoms with Crippen molar-refractivity contribution in [1.82, 2.24) is 5.32 Å². The molecule has 0 spiro atoms. The van der Waals surface area contributed by atoms with E-state index >= 15 is 0 Å². The smallest absolute Gasteiger partial charge is 0.306 e. The first-order valence-electron chi connectivity index (χ1n) is 37.5. The monoisotopic (exact) mass is 1260 g/mol. The lowest BCUT2D eigenvalue weighted by Gasteiger charge is -2.41. The maximum atomic E-state index is 13.5. The van der Waals surface area contributed by atoms with Crippen molar-refractivity contribution in [3.8, 4) is 0 Å². The molecule has 8 unspecified atom stereocenters.